The van der Waals surface area contributed by atoms with E-state index in [-0.39, 0.29) is 11.9 Å². The normalized spacial score (nSPS) is 16.1. The molecule has 3 aromatic rings. The summed E-state index contributed by atoms with van der Waals surface area (Å²) in [6.07, 6.45) is 2.80. The van der Waals surface area contributed by atoms with Gasteiger partial charge in [-0.15, -0.1) is 11.3 Å². The van der Waals surface area contributed by atoms with E-state index in [0.717, 1.165) is 49.7 Å². The van der Waals surface area contributed by atoms with Crippen molar-refractivity contribution in [1.29, 1.82) is 5.26 Å². The molecule has 7 heteroatoms. The van der Waals surface area contributed by atoms with Crippen LogP contribution < -0.4 is 5.32 Å². The van der Waals surface area contributed by atoms with Crippen LogP contribution in [0.4, 0.5) is 0 Å². The Morgan fingerprint density at radius 1 is 1.06 bits per heavy atom. The number of nitrogens with zero attached hydrogens (tertiary/aromatic N) is 4. The Balaban J connectivity index is 1.31. The molecule has 1 aliphatic heterocycles. The first kappa shape index (κ1) is 22.2. The van der Waals surface area contributed by atoms with E-state index in [1.807, 2.05) is 60.0 Å². The number of nitriles is 1. The van der Waals surface area contributed by atoms with Gasteiger partial charge in [-0.25, -0.2) is 4.98 Å². The van der Waals surface area contributed by atoms with Crippen LogP contribution in [0.3, 0.4) is 0 Å². The van der Waals surface area contributed by atoms with Gasteiger partial charge in [-0.3, -0.25) is 14.6 Å². The van der Waals surface area contributed by atoms with Gasteiger partial charge < -0.3 is 5.32 Å². The number of carbonyl (C=O) groups is 1. The number of hydrogen-bond donors (Lipinski definition) is 1. The van der Waals surface area contributed by atoms with Crippen LogP contribution in [0.2, 0.25) is 0 Å². The van der Waals surface area contributed by atoms with Crippen LogP contribution in [0.25, 0.3) is 0 Å². The maximum Gasteiger partial charge on any atom is 0.235 e. The number of aromatic nitrogens is 1. The smallest absolute Gasteiger partial charge is 0.235 e. The molecule has 0 bridgehead atoms. The summed E-state index contributed by atoms with van der Waals surface area (Å²) in [5.74, 6) is 0.0228. The zero-order chi connectivity index (χ0) is 22.2. The summed E-state index contributed by atoms with van der Waals surface area (Å²) in [6, 6.07) is 19.7. The third-order valence-electron chi connectivity index (χ3n) is 5.67. The van der Waals surface area contributed by atoms with Crippen molar-refractivity contribution in [2.24, 2.45) is 0 Å². The predicted octanol–water partition coefficient (Wildman–Crippen LogP) is 3.43. The van der Waals surface area contributed by atoms with Crippen molar-refractivity contribution in [2.45, 2.75) is 19.0 Å². The SMILES string of the molecule is N#Cc1ccc(CN2CCCN(CC(=O)NC(c3ccccc3)c3nccs3)CC2)cc1. The average molecular weight is 446 g/mol. The van der Waals surface area contributed by atoms with Gasteiger partial charge in [0, 0.05) is 31.2 Å². The minimum atomic E-state index is -0.219. The fourth-order valence-corrected chi connectivity index (χ4v) is 4.72. The third-order valence-corrected chi connectivity index (χ3v) is 6.51. The average Bonchev–Trinajstić information content (AvgIpc) is 3.27. The van der Waals surface area contributed by atoms with E-state index in [1.54, 1.807) is 17.5 Å². The summed E-state index contributed by atoms with van der Waals surface area (Å²) in [6.45, 7) is 4.94. The number of rotatable bonds is 7. The van der Waals surface area contributed by atoms with E-state index < -0.39 is 0 Å². The highest BCUT2D eigenvalue weighted by Crippen LogP contribution is 2.23. The highest BCUT2D eigenvalue weighted by molar-refractivity contribution is 7.09. The molecule has 1 N–H and O–H groups in total. The first-order chi connectivity index (χ1) is 15.7. The van der Waals surface area contributed by atoms with Gasteiger partial charge in [0.25, 0.3) is 0 Å². The van der Waals surface area contributed by atoms with Gasteiger partial charge in [-0.2, -0.15) is 5.26 Å². The maximum atomic E-state index is 12.9. The molecule has 1 amide bonds. The molecule has 0 saturated carbocycles. The highest BCUT2D eigenvalue weighted by Gasteiger charge is 2.22. The number of amides is 1. The Hall–Kier alpha value is -3.05. The topological polar surface area (TPSA) is 72.3 Å². The van der Waals surface area contributed by atoms with E-state index in [4.69, 9.17) is 5.26 Å². The molecule has 164 valence electrons. The summed E-state index contributed by atoms with van der Waals surface area (Å²) >= 11 is 1.56. The Kier molecular flexibility index (Phi) is 7.62. The van der Waals surface area contributed by atoms with E-state index in [9.17, 15) is 4.79 Å². The first-order valence-electron chi connectivity index (χ1n) is 10.9. The lowest BCUT2D eigenvalue weighted by molar-refractivity contribution is -0.122. The molecule has 2 heterocycles. The highest BCUT2D eigenvalue weighted by atomic mass is 32.1. The number of thiazole rings is 1. The lowest BCUT2D eigenvalue weighted by Crippen LogP contribution is -2.40. The molecule has 32 heavy (non-hydrogen) atoms. The van der Waals surface area contributed by atoms with E-state index in [0.29, 0.717) is 12.1 Å². The first-order valence-corrected chi connectivity index (χ1v) is 11.8. The predicted molar refractivity (Wildman–Crippen MR) is 126 cm³/mol. The van der Waals surface area contributed by atoms with Crippen LogP contribution in [0.1, 0.15) is 34.2 Å². The summed E-state index contributed by atoms with van der Waals surface area (Å²) in [5, 5.41) is 15.0. The number of benzene rings is 2. The van der Waals surface area contributed by atoms with E-state index in [2.05, 4.69) is 26.2 Å². The minimum Gasteiger partial charge on any atom is -0.342 e. The van der Waals surface area contributed by atoms with Gasteiger partial charge in [-0.1, -0.05) is 42.5 Å². The molecule has 2 aromatic carbocycles. The quantitative estimate of drug-likeness (QED) is 0.603. The molecule has 1 aromatic heterocycles. The largest absolute Gasteiger partial charge is 0.342 e. The molecule has 0 aliphatic carbocycles. The maximum absolute atomic E-state index is 12.9. The molecule has 1 unspecified atom stereocenters. The Bertz CT molecular complexity index is 1030. The second-order valence-corrected chi connectivity index (χ2v) is 8.92. The number of carbonyl (C=O) groups excluding carboxylic acids is 1. The Morgan fingerprint density at radius 2 is 1.81 bits per heavy atom. The van der Waals surface area contributed by atoms with Crippen molar-refractivity contribution in [1.82, 2.24) is 20.1 Å². The van der Waals surface area contributed by atoms with Crippen LogP contribution in [-0.2, 0) is 11.3 Å². The summed E-state index contributed by atoms with van der Waals surface area (Å²) in [7, 11) is 0. The monoisotopic (exact) mass is 445 g/mol. The van der Waals surface area contributed by atoms with E-state index in [1.165, 1.54) is 5.56 Å². The molecule has 4 rings (SSSR count). The second kappa shape index (κ2) is 11.0. The van der Waals surface area contributed by atoms with Crippen LogP contribution in [0, 0.1) is 11.3 Å². The molecule has 1 fully saturated rings. The third kappa shape index (κ3) is 6.01. The van der Waals surface area contributed by atoms with Crippen molar-refractivity contribution in [2.75, 3.05) is 32.7 Å². The van der Waals surface area contributed by atoms with Gasteiger partial charge in [-0.05, 0) is 42.8 Å². The van der Waals surface area contributed by atoms with Crippen molar-refractivity contribution >= 4 is 17.2 Å². The zero-order valence-corrected chi connectivity index (χ0v) is 18.8. The molecular weight excluding hydrogens is 418 g/mol. The summed E-state index contributed by atoms with van der Waals surface area (Å²) in [4.78, 5) is 22.0. The lowest BCUT2D eigenvalue weighted by atomic mass is 10.1. The van der Waals surface area contributed by atoms with Crippen LogP contribution in [0.15, 0.2) is 66.2 Å². The van der Waals surface area contributed by atoms with Gasteiger partial charge >= 0.3 is 0 Å². The lowest BCUT2D eigenvalue weighted by Gasteiger charge is -2.23. The van der Waals surface area contributed by atoms with Crippen molar-refractivity contribution in [3.63, 3.8) is 0 Å². The van der Waals surface area contributed by atoms with Crippen molar-refractivity contribution in [3.05, 3.63) is 87.9 Å². The van der Waals surface area contributed by atoms with Gasteiger partial charge in [0.2, 0.25) is 5.91 Å². The molecule has 6 nitrogen and oxygen atoms in total. The van der Waals surface area contributed by atoms with Crippen LogP contribution in [0.5, 0.6) is 0 Å². The number of hydrogen-bond acceptors (Lipinski definition) is 6. The van der Waals surface area contributed by atoms with Crippen molar-refractivity contribution < 1.29 is 4.79 Å². The van der Waals surface area contributed by atoms with Crippen molar-refractivity contribution in [3.8, 4) is 6.07 Å². The summed E-state index contributed by atoms with van der Waals surface area (Å²) in [5.41, 5.74) is 2.94. The van der Waals surface area contributed by atoms with Crippen LogP contribution >= 0.6 is 11.3 Å². The number of nitrogens with one attached hydrogen (secondary N) is 1. The molecular formula is C25H27N5OS. The van der Waals surface area contributed by atoms with Gasteiger partial charge in [0.15, 0.2) is 0 Å². The fraction of sp³-hybridized carbons (Fsp3) is 0.320. The zero-order valence-electron chi connectivity index (χ0n) is 18.0. The molecule has 1 saturated heterocycles. The van der Waals surface area contributed by atoms with Gasteiger partial charge in [0.1, 0.15) is 11.0 Å². The molecule has 0 radical (unpaired) electrons. The molecule has 1 atom stereocenters. The second-order valence-electron chi connectivity index (χ2n) is 8.00. The van der Waals surface area contributed by atoms with Crippen LogP contribution in [-0.4, -0.2) is 53.4 Å². The summed E-state index contributed by atoms with van der Waals surface area (Å²) < 4.78 is 0. The minimum absolute atomic E-state index is 0.0228. The van der Waals surface area contributed by atoms with E-state index >= 15 is 0 Å². The Labute approximate surface area is 193 Å². The fourth-order valence-electron chi connectivity index (χ4n) is 4.00. The standard InChI is InChI=1S/C25H27N5OS/c26-17-20-7-9-21(10-8-20)18-29-12-4-13-30(15-14-29)19-23(31)28-24(25-27-11-16-32-25)22-5-2-1-3-6-22/h1-3,5-11,16,24H,4,12-15,18-19H2,(H,28,31). The molecule has 0 spiro atoms. The Morgan fingerprint density at radius 3 is 2.53 bits per heavy atom. The molecule has 1 aliphatic rings. The van der Waals surface area contributed by atoms with Gasteiger partial charge in [0.05, 0.1) is 18.2 Å².